The maximum atomic E-state index is 13.7. The number of aliphatic hydroxyl groups is 1. The second-order valence-electron chi connectivity index (χ2n) is 16.1. The molecule has 0 radical (unpaired) electrons. The minimum Gasteiger partial charge on any atom is -0.393 e. The topological polar surface area (TPSA) is 94.1 Å². The van der Waals surface area contributed by atoms with Gasteiger partial charge >= 0.3 is 6.18 Å². The normalized spacial score (nSPS) is 16.9. The van der Waals surface area contributed by atoms with E-state index in [0.29, 0.717) is 43.2 Å². The number of morpholine rings is 1. The van der Waals surface area contributed by atoms with Gasteiger partial charge < -0.3 is 30.3 Å². The van der Waals surface area contributed by atoms with Gasteiger partial charge in [0.15, 0.2) is 0 Å². The monoisotopic (exact) mass is 768 g/mol. The van der Waals surface area contributed by atoms with Crippen molar-refractivity contribution >= 4 is 23.2 Å². The number of carbonyl (C=O) groups is 2. The fourth-order valence-corrected chi connectivity index (χ4v) is 7.21. The average molecular weight is 769 g/mol. The number of carbonyl (C=O) groups excluding carboxylic acids is 2. The van der Waals surface area contributed by atoms with Gasteiger partial charge in [0.05, 0.1) is 30.4 Å². The van der Waals surface area contributed by atoms with E-state index < -0.39 is 29.6 Å². The molecule has 0 unspecified atom stereocenters. The first-order chi connectivity index (χ1) is 26.0. The summed E-state index contributed by atoms with van der Waals surface area (Å²) in [6.07, 6.45) is 0.769. The van der Waals surface area contributed by atoms with Crippen molar-refractivity contribution in [3.8, 4) is 0 Å². The number of nitrogens with zero attached hydrogens (tertiary/aromatic N) is 2. The van der Waals surface area contributed by atoms with E-state index in [-0.39, 0.29) is 29.0 Å². The number of nitrogens with one attached hydrogen (secondary N) is 2. The van der Waals surface area contributed by atoms with Gasteiger partial charge in [-0.2, -0.15) is 13.2 Å². The van der Waals surface area contributed by atoms with Crippen LogP contribution in [0.4, 0.5) is 28.9 Å². The Morgan fingerprint density at radius 3 is 2.04 bits per heavy atom. The highest BCUT2D eigenvalue weighted by Gasteiger charge is 2.37. The second-order valence-corrected chi connectivity index (χ2v) is 16.1. The van der Waals surface area contributed by atoms with Crippen LogP contribution in [0.25, 0.3) is 0 Å². The molecule has 1 atom stereocenters. The zero-order valence-corrected chi connectivity index (χ0v) is 32.8. The Hall–Kier alpha value is -4.16. The van der Waals surface area contributed by atoms with Crippen molar-refractivity contribution in [2.75, 3.05) is 55.7 Å². The van der Waals surface area contributed by atoms with E-state index in [0.717, 1.165) is 75.6 Å². The summed E-state index contributed by atoms with van der Waals surface area (Å²) in [7, 11) is 0. The van der Waals surface area contributed by atoms with Gasteiger partial charge in [-0.05, 0) is 122 Å². The van der Waals surface area contributed by atoms with Crippen molar-refractivity contribution in [2.45, 2.75) is 97.9 Å². The molecule has 2 heterocycles. The van der Waals surface area contributed by atoms with Gasteiger partial charge in [0.2, 0.25) is 0 Å². The van der Waals surface area contributed by atoms with Crippen molar-refractivity contribution in [1.82, 2.24) is 10.6 Å². The number of aryl methyl sites for hydroxylation is 2. The molecule has 2 aliphatic heterocycles. The number of rotatable bonds is 10. The number of amides is 2. The molecule has 3 aromatic rings. The second kappa shape index (κ2) is 18.2. The number of alkyl halides is 3. The third-order valence-corrected chi connectivity index (χ3v) is 10.6. The molecule has 3 N–H and O–H groups in total. The van der Waals surface area contributed by atoms with Gasteiger partial charge in [-0.3, -0.25) is 9.59 Å². The first kappa shape index (κ1) is 42.0. The summed E-state index contributed by atoms with van der Waals surface area (Å²) in [6, 6.07) is 12.6. The lowest BCUT2D eigenvalue weighted by Gasteiger charge is -2.30. The van der Waals surface area contributed by atoms with Gasteiger partial charge in [-0.25, -0.2) is 4.39 Å². The van der Waals surface area contributed by atoms with Gasteiger partial charge in [0.1, 0.15) is 5.82 Å². The van der Waals surface area contributed by atoms with Crippen LogP contribution in [-0.4, -0.2) is 69.0 Å². The Kier molecular flexibility index (Phi) is 13.9. The van der Waals surface area contributed by atoms with Gasteiger partial charge in [-0.1, -0.05) is 32.9 Å². The molecule has 3 aliphatic rings. The number of benzene rings is 3. The number of piperidine rings is 1. The first-order valence-electron chi connectivity index (χ1n) is 19.5. The molecule has 2 amide bonds. The third-order valence-electron chi connectivity index (χ3n) is 10.6. The highest BCUT2D eigenvalue weighted by Crippen LogP contribution is 2.44. The Morgan fingerprint density at radius 2 is 1.44 bits per heavy atom. The number of aliphatic hydroxyl groups excluding tert-OH is 1. The summed E-state index contributed by atoms with van der Waals surface area (Å²) in [5.74, 6) is -0.793. The standard InChI is InChI=1S/C22H34N2O3.C21H22F4N2O/c1-15-13-17(24-9-11-27-12-10-24)14-18(16-5-6-16)20(15)21(26)23-8-7-19(25)22(2,3)4;1-14-10-17(27-8-3-2-4-9-27)12-18(21(23,24)25)19(14)20(28)26-13-15-6-5-7-16(22)11-15/h13-14,16,19,25H,5-12H2,1-4H3,(H,23,26);5-7,10-12H,2-4,8-9,13H2,1H3,(H,26,28)/t19-;/m1./s1. The highest BCUT2D eigenvalue weighted by atomic mass is 19.4. The van der Waals surface area contributed by atoms with E-state index in [1.165, 1.54) is 36.4 Å². The SMILES string of the molecule is Cc1cc(N2CCCCC2)cc(C(F)(F)F)c1C(=O)NCc1cccc(F)c1.Cc1cc(N2CCOCC2)cc(C2CC2)c1C(=O)NCC[C@@H](O)C(C)(C)C. The molecule has 8 nitrogen and oxygen atoms in total. The molecule has 3 fully saturated rings. The van der Waals surface area contributed by atoms with Crippen molar-refractivity contribution in [3.05, 3.63) is 93.3 Å². The van der Waals surface area contributed by atoms with E-state index in [2.05, 4.69) is 27.7 Å². The minimum atomic E-state index is -4.65. The fourth-order valence-electron chi connectivity index (χ4n) is 7.21. The van der Waals surface area contributed by atoms with Crippen molar-refractivity contribution in [1.29, 1.82) is 0 Å². The lowest BCUT2D eigenvalue weighted by Crippen LogP contribution is -2.36. The summed E-state index contributed by atoms with van der Waals surface area (Å²) in [4.78, 5) is 29.8. The van der Waals surface area contributed by atoms with E-state index in [9.17, 15) is 32.3 Å². The summed E-state index contributed by atoms with van der Waals surface area (Å²) >= 11 is 0. The molecule has 2 saturated heterocycles. The van der Waals surface area contributed by atoms with Crippen LogP contribution >= 0.6 is 0 Å². The summed E-state index contributed by atoms with van der Waals surface area (Å²) in [5, 5.41) is 15.7. The van der Waals surface area contributed by atoms with Crippen LogP contribution in [0.5, 0.6) is 0 Å². The molecule has 3 aromatic carbocycles. The summed E-state index contributed by atoms with van der Waals surface area (Å²) in [5.41, 5.74) is 4.01. The maximum Gasteiger partial charge on any atom is 0.417 e. The van der Waals surface area contributed by atoms with Crippen molar-refractivity contribution in [2.24, 2.45) is 5.41 Å². The average Bonchev–Trinajstić information content (AvgIpc) is 3.99. The van der Waals surface area contributed by atoms with E-state index in [1.807, 2.05) is 32.6 Å². The largest absolute Gasteiger partial charge is 0.417 e. The molecule has 1 saturated carbocycles. The van der Waals surface area contributed by atoms with Crippen LogP contribution in [-0.2, 0) is 17.5 Å². The fraction of sp³-hybridized carbons (Fsp3) is 0.535. The smallest absolute Gasteiger partial charge is 0.393 e. The molecule has 6 rings (SSSR count). The van der Waals surface area contributed by atoms with Gasteiger partial charge in [0.25, 0.3) is 11.8 Å². The van der Waals surface area contributed by atoms with Crippen LogP contribution in [0, 0.1) is 25.1 Å². The van der Waals surface area contributed by atoms with Crippen LogP contribution in [0.15, 0.2) is 48.5 Å². The quantitative estimate of drug-likeness (QED) is 0.180. The van der Waals surface area contributed by atoms with Crippen LogP contribution in [0.1, 0.15) is 114 Å². The molecule has 0 spiro atoms. The van der Waals surface area contributed by atoms with Crippen molar-refractivity contribution < 1.29 is 37.0 Å². The Balaban J connectivity index is 0.000000211. The lowest BCUT2D eigenvalue weighted by atomic mass is 9.87. The van der Waals surface area contributed by atoms with E-state index in [1.54, 1.807) is 12.1 Å². The molecular formula is C43H56F4N4O4. The van der Waals surface area contributed by atoms with Gasteiger partial charge in [-0.15, -0.1) is 0 Å². The molecule has 300 valence electrons. The predicted molar refractivity (Wildman–Crippen MR) is 208 cm³/mol. The number of anilines is 2. The van der Waals surface area contributed by atoms with Gasteiger partial charge in [0, 0.05) is 56.2 Å². The van der Waals surface area contributed by atoms with Crippen LogP contribution in [0.3, 0.4) is 0 Å². The first-order valence-corrected chi connectivity index (χ1v) is 19.5. The number of hydrogen-bond donors (Lipinski definition) is 3. The molecule has 12 heteroatoms. The lowest BCUT2D eigenvalue weighted by molar-refractivity contribution is -0.138. The molecule has 1 aliphatic carbocycles. The molecule has 0 bridgehead atoms. The number of hydrogen-bond acceptors (Lipinski definition) is 6. The highest BCUT2D eigenvalue weighted by molar-refractivity contribution is 5.98. The van der Waals surface area contributed by atoms with E-state index >= 15 is 0 Å². The van der Waals surface area contributed by atoms with E-state index in [4.69, 9.17) is 4.74 Å². The number of ether oxygens (including phenoxy) is 1. The minimum absolute atomic E-state index is 0.0102. The predicted octanol–water partition coefficient (Wildman–Crippen LogP) is 8.31. The zero-order chi connectivity index (χ0) is 39.9. The maximum absolute atomic E-state index is 13.7. The summed E-state index contributed by atoms with van der Waals surface area (Å²) in [6.45, 7) is 14.8. The molecular weight excluding hydrogens is 712 g/mol. The Bertz CT molecular complexity index is 1790. The zero-order valence-electron chi connectivity index (χ0n) is 32.8. The molecule has 0 aromatic heterocycles. The van der Waals surface area contributed by atoms with Crippen LogP contribution < -0.4 is 20.4 Å². The summed E-state index contributed by atoms with van der Waals surface area (Å²) < 4.78 is 59.8. The van der Waals surface area contributed by atoms with Crippen LogP contribution in [0.2, 0.25) is 0 Å². The Morgan fingerprint density at radius 1 is 0.836 bits per heavy atom. The van der Waals surface area contributed by atoms with Crippen molar-refractivity contribution in [3.63, 3.8) is 0 Å². The third kappa shape index (κ3) is 11.4. The number of halogens is 4. The Labute approximate surface area is 322 Å². The molecule has 55 heavy (non-hydrogen) atoms.